The van der Waals surface area contributed by atoms with E-state index >= 15 is 0 Å². The van der Waals surface area contributed by atoms with Crippen LogP contribution in [0.3, 0.4) is 0 Å². The second-order valence-corrected chi connectivity index (χ2v) is 6.55. The molecular formula is C18H19BrClNO3. The third-order valence-corrected chi connectivity index (χ3v) is 5.00. The number of amides is 1. The average molecular weight is 413 g/mol. The van der Waals surface area contributed by atoms with Gasteiger partial charge < -0.3 is 14.8 Å². The average Bonchev–Trinajstić information content (AvgIpc) is 2.58. The van der Waals surface area contributed by atoms with Crippen molar-refractivity contribution in [2.75, 3.05) is 7.11 Å². The Hall–Kier alpha value is -1.72. The van der Waals surface area contributed by atoms with E-state index in [1.54, 1.807) is 13.2 Å². The number of nitrogens with one attached hydrogen (secondary N) is 1. The molecular weight excluding hydrogens is 394 g/mol. The van der Waals surface area contributed by atoms with Gasteiger partial charge in [-0.25, -0.2) is 4.79 Å². The predicted octanol–water partition coefficient (Wildman–Crippen LogP) is 5.41. The maximum Gasteiger partial charge on any atom is 0.407 e. The van der Waals surface area contributed by atoms with Crippen LogP contribution >= 0.6 is 27.5 Å². The first-order chi connectivity index (χ1) is 11.4. The van der Waals surface area contributed by atoms with Crippen LogP contribution in [0.15, 0.2) is 40.9 Å². The van der Waals surface area contributed by atoms with Gasteiger partial charge in [0.1, 0.15) is 12.4 Å². The molecule has 1 N–H and O–H groups in total. The molecule has 0 heterocycles. The van der Waals surface area contributed by atoms with E-state index in [1.165, 1.54) is 0 Å². The smallest absolute Gasteiger partial charge is 0.407 e. The molecule has 128 valence electrons. The lowest BCUT2D eigenvalue weighted by Gasteiger charge is -2.20. The van der Waals surface area contributed by atoms with E-state index in [4.69, 9.17) is 21.1 Å². The van der Waals surface area contributed by atoms with Crippen molar-refractivity contribution in [3.63, 3.8) is 0 Å². The van der Waals surface area contributed by atoms with Gasteiger partial charge in [0.15, 0.2) is 0 Å². The minimum atomic E-state index is -0.499. The predicted molar refractivity (Wildman–Crippen MR) is 98.6 cm³/mol. The van der Waals surface area contributed by atoms with Gasteiger partial charge in [-0.2, -0.15) is 0 Å². The maximum atomic E-state index is 12.0. The van der Waals surface area contributed by atoms with Crippen molar-refractivity contribution in [3.8, 4) is 5.75 Å². The van der Waals surface area contributed by atoms with Crippen LogP contribution in [0, 0.1) is 6.92 Å². The van der Waals surface area contributed by atoms with Crippen molar-refractivity contribution < 1.29 is 14.3 Å². The Balaban J connectivity index is 2.06. The summed E-state index contributed by atoms with van der Waals surface area (Å²) < 4.78 is 11.5. The molecule has 0 saturated carbocycles. The number of halogens is 2. The molecule has 1 atom stereocenters. The van der Waals surface area contributed by atoms with Gasteiger partial charge >= 0.3 is 6.09 Å². The molecule has 0 bridgehead atoms. The van der Waals surface area contributed by atoms with Crippen molar-refractivity contribution in [3.05, 3.63) is 62.6 Å². The molecule has 1 amide bonds. The quantitative estimate of drug-likeness (QED) is 0.714. The fraction of sp³-hybridized carbons (Fsp3) is 0.278. The Labute approximate surface area is 155 Å². The summed E-state index contributed by atoms with van der Waals surface area (Å²) in [6.07, 6.45) is -0.499. The number of benzene rings is 2. The third kappa shape index (κ3) is 4.42. The second kappa shape index (κ2) is 8.40. The minimum absolute atomic E-state index is 0.217. The molecule has 24 heavy (non-hydrogen) atoms. The number of methoxy groups -OCH3 is 1. The van der Waals surface area contributed by atoms with Crippen molar-refractivity contribution >= 4 is 33.6 Å². The molecule has 2 rings (SSSR count). The van der Waals surface area contributed by atoms with Crippen molar-refractivity contribution in [2.45, 2.75) is 26.5 Å². The van der Waals surface area contributed by atoms with Crippen LogP contribution in [0.1, 0.15) is 29.7 Å². The van der Waals surface area contributed by atoms with Gasteiger partial charge in [-0.15, -0.1) is 0 Å². The standard InChI is InChI=1S/C18H19BrClNO3/c1-11-15(20)9-14(17(23-3)16(11)19)12(2)21-18(22)24-10-13-7-5-4-6-8-13/h4-9,12H,10H2,1-3H3,(H,21,22). The van der Waals surface area contributed by atoms with E-state index in [0.717, 1.165) is 21.2 Å². The minimum Gasteiger partial charge on any atom is -0.495 e. The van der Waals surface area contributed by atoms with Gasteiger partial charge in [-0.3, -0.25) is 0 Å². The monoisotopic (exact) mass is 411 g/mol. The highest BCUT2D eigenvalue weighted by Crippen LogP contribution is 2.39. The molecule has 0 aromatic heterocycles. The fourth-order valence-corrected chi connectivity index (χ4v) is 3.19. The van der Waals surface area contributed by atoms with Gasteiger partial charge in [0.2, 0.25) is 0 Å². The number of hydrogen-bond acceptors (Lipinski definition) is 3. The molecule has 0 saturated heterocycles. The molecule has 0 aliphatic rings. The van der Waals surface area contributed by atoms with Gasteiger partial charge in [0, 0.05) is 10.6 Å². The number of hydrogen-bond donors (Lipinski definition) is 1. The summed E-state index contributed by atoms with van der Waals surface area (Å²) in [7, 11) is 1.58. The van der Waals surface area contributed by atoms with Crippen LogP contribution in [0.5, 0.6) is 5.75 Å². The largest absolute Gasteiger partial charge is 0.495 e. The van der Waals surface area contributed by atoms with Crippen LogP contribution in [0.4, 0.5) is 4.79 Å². The summed E-state index contributed by atoms with van der Waals surface area (Å²) in [5.41, 5.74) is 2.59. The highest BCUT2D eigenvalue weighted by atomic mass is 79.9. The number of carbonyl (C=O) groups is 1. The number of ether oxygens (including phenoxy) is 2. The lowest BCUT2D eigenvalue weighted by atomic mass is 10.0. The van der Waals surface area contributed by atoms with E-state index < -0.39 is 6.09 Å². The van der Waals surface area contributed by atoms with Crippen molar-refractivity contribution in [2.24, 2.45) is 0 Å². The summed E-state index contributed by atoms with van der Waals surface area (Å²) in [4.78, 5) is 12.0. The summed E-state index contributed by atoms with van der Waals surface area (Å²) >= 11 is 9.72. The van der Waals surface area contributed by atoms with Gasteiger partial charge in [0.25, 0.3) is 0 Å². The van der Waals surface area contributed by atoms with E-state index in [2.05, 4.69) is 21.2 Å². The van der Waals surface area contributed by atoms with E-state index in [0.29, 0.717) is 10.8 Å². The molecule has 2 aromatic carbocycles. The van der Waals surface area contributed by atoms with E-state index in [9.17, 15) is 4.79 Å². The van der Waals surface area contributed by atoms with Crippen LogP contribution in [-0.2, 0) is 11.3 Å². The Bertz CT molecular complexity index is 722. The van der Waals surface area contributed by atoms with Crippen molar-refractivity contribution in [1.29, 1.82) is 0 Å². The first kappa shape index (κ1) is 18.6. The Morgan fingerprint density at radius 3 is 2.62 bits per heavy atom. The maximum absolute atomic E-state index is 12.0. The van der Waals surface area contributed by atoms with Gasteiger partial charge in [-0.05, 0) is 47.0 Å². The van der Waals surface area contributed by atoms with E-state index in [1.807, 2.05) is 44.2 Å². The highest BCUT2D eigenvalue weighted by molar-refractivity contribution is 9.10. The Morgan fingerprint density at radius 2 is 2.00 bits per heavy atom. The Kier molecular flexibility index (Phi) is 6.52. The molecule has 0 fully saturated rings. The molecule has 0 aliphatic carbocycles. The number of alkyl carbamates (subject to hydrolysis) is 1. The second-order valence-electron chi connectivity index (χ2n) is 5.35. The summed E-state index contributed by atoms with van der Waals surface area (Å²) in [6.45, 7) is 3.96. The first-order valence-electron chi connectivity index (χ1n) is 7.43. The lowest BCUT2D eigenvalue weighted by molar-refractivity contribution is 0.136. The molecule has 0 radical (unpaired) electrons. The summed E-state index contributed by atoms with van der Waals surface area (Å²) in [5.74, 6) is 0.646. The number of rotatable bonds is 5. The molecule has 0 aliphatic heterocycles. The van der Waals surface area contributed by atoms with Crippen LogP contribution < -0.4 is 10.1 Å². The lowest BCUT2D eigenvalue weighted by Crippen LogP contribution is -2.27. The molecule has 2 aromatic rings. The van der Waals surface area contributed by atoms with Crippen LogP contribution in [0.25, 0.3) is 0 Å². The van der Waals surface area contributed by atoms with Crippen LogP contribution in [0.2, 0.25) is 5.02 Å². The molecule has 4 nitrogen and oxygen atoms in total. The highest BCUT2D eigenvalue weighted by Gasteiger charge is 2.20. The fourth-order valence-electron chi connectivity index (χ4n) is 2.26. The normalized spacial score (nSPS) is 11.7. The topological polar surface area (TPSA) is 47.6 Å². The summed E-state index contributed by atoms with van der Waals surface area (Å²) in [6, 6.07) is 11.0. The zero-order chi connectivity index (χ0) is 17.7. The van der Waals surface area contributed by atoms with Gasteiger partial charge in [0.05, 0.1) is 17.6 Å². The molecule has 0 spiro atoms. The van der Waals surface area contributed by atoms with Crippen LogP contribution in [-0.4, -0.2) is 13.2 Å². The number of carbonyl (C=O) groups excluding carboxylic acids is 1. The van der Waals surface area contributed by atoms with E-state index in [-0.39, 0.29) is 12.6 Å². The third-order valence-electron chi connectivity index (χ3n) is 3.65. The summed E-state index contributed by atoms with van der Waals surface area (Å²) in [5, 5.41) is 3.40. The van der Waals surface area contributed by atoms with Crippen molar-refractivity contribution in [1.82, 2.24) is 5.32 Å². The SMILES string of the molecule is COc1c(C(C)NC(=O)OCc2ccccc2)cc(Cl)c(C)c1Br. The molecule has 6 heteroatoms. The zero-order valence-corrected chi connectivity index (χ0v) is 16.1. The zero-order valence-electron chi connectivity index (χ0n) is 13.7. The Morgan fingerprint density at radius 1 is 1.33 bits per heavy atom. The van der Waals surface area contributed by atoms with Gasteiger partial charge in [-0.1, -0.05) is 41.9 Å². The molecule has 1 unspecified atom stereocenters. The first-order valence-corrected chi connectivity index (χ1v) is 8.60.